The van der Waals surface area contributed by atoms with E-state index >= 15 is 0 Å². The van der Waals surface area contributed by atoms with Crippen molar-refractivity contribution in [3.05, 3.63) is 36.4 Å². The van der Waals surface area contributed by atoms with Crippen molar-refractivity contribution in [1.29, 1.82) is 0 Å². The van der Waals surface area contributed by atoms with Crippen LogP contribution < -0.4 is 4.90 Å². The number of aromatic nitrogens is 4. The molecule has 2 aliphatic heterocycles. The van der Waals surface area contributed by atoms with E-state index < -0.39 is 0 Å². The van der Waals surface area contributed by atoms with E-state index in [9.17, 15) is 4.79 Å². The van der Waals surface area contributed by atoms with Gasteiger partial charge in [0.25, 0.3) is 0 Å². The van der Waals surface area contributed by atoms with Crippen LogP contribution in [0, 0.1) is 5.92 Å². The SMILES string of the molecule is CN1CCn2c(cnc2-c2cc3c(N4CCN(C(=O)C5CC5)CC4)ccnn3c2)C1. The summed E-state index contributed by atoms with van der Waals surface area (Å²) in [7, 11) is 2.15. The molecule has 0 bridgehead atoms. The maximum absolute atomic E-state index is 12.4. The summed E-state index contributed by atoms with van der Waals surface area (Å²) in [5.41, 5.74) is 4.65. The standard InChI is InChI=1S/C22H27N7O/c1-25-6-11-28-18(15-25)13-23-21(28)17-12-20-19(4-5-24-29(20)14-17)26-7-9-27(10-8-26)22(30)16-2-3-16/h4-5,12-14,16H,2-3,6-11,15H2,1H3. The summed E-state index contributed by atoms with van der Waals surface area (Å²) >= 11 is 0. The van der Waals surface area contributed by atoms with E-state index in [4.69, 9.17) is 4.98 Å². The lowest BCUT2D eigenvalue weighted by molar-refractivity contribution is -0.132. The molecule has 0 N–H and O–H groups in total. The molecule has 0 spiro atoms. The van der Waals surface area contributed by atoms with E-state index in [2.05, 4.69) is 44.8 Å². The summed E-state index contributed by atoms with van der Waals surface area (Å²) < 4.78 is 4.29. The van der Waals surface area contributed by atoms with Crippen LogP contribution in [0.1, 0.15) is 18.5 Å². The fraction of sp³-hybridized carbons (Fsp3) is 0.500. The molecule has 0 unspecified atom stereocenters. The molecule has 0 aromatic carbocycles. The van der Waals surface area contributed by atoms with Crippen molar-refractivity contribution >= 4 is 17.1 Å². The first-order chi connectivity index (χ1) is 14.7. The Bertz CT molecular complexity index is 1100. The average Bonchev–Trinajstić information content (AvgIpc) is 3.39. The zero-order chi connectivity index (χ0) is 20.2. The number of fused-ring (bicyclic) bond motifs is 2. The van der Waals surface area contributed by atoms with E-state index in [0.29, 0.717) is 11.8 Å². The number of anilines is 1. The summed E-state index contributed by atoms with van der Waals surface area (Å²) in [4.78, 5) is 23.9. The van der Waals surface area contributed by atoms with Crippen LogP contribution in [0.5, 0.6) is 0 Å². The fourth-order valence-corrected chi connectivity index (χ4v) is 4.79. The third kappa shape index (κ3) is 2.98. The van der Waals surface area contributed by atoms with Gasteiger partial charge in [0, 0.05) is 69.7 Å². The summed E-state index contributed by atoms with van der Waals surface area (Å²) in [5, 5.41) is 4.55. The van der Waals surface area contributed by atoms with Crippen molar-refractivity contribution in [2.75, 3.05) is 44.7 Å². The molecule has 30 heavy (non-hydrogen) atoms. The average molecular weight is 406 g/mol. The monoisotopic (exact) mass is 405 g/mol. The van der Waals surface area contributed by atoms with Gasteiger partial charge in [-0.05, 0) is 32.0 Å². The number of hydrogen-bond acceptors (Lipinski definition) is 5. The smallest absolute Gasteiger partial charge is 0.225 e. The maximum Gasteiger partial charge on any atom is 0.225 e. The number of hydrogen-bond donors (Lipinski definition) is 0. The van der Waals surface area contributed by atoms with Crippen molar-refractivity contribution in [2.45, 2.75) is 25.9 Å². The van der Waals surface area contributed by atoms with Crippen LogP contribution in [0.4, 0.5) is 5.69 Å². The van der Waals surface area contributed by atoms with E-state index in [0.717, 1.165) is 75.6 Å². The highest BCUT2D eigenvalue weighted by Gasteiger charge is 2.34. The summed E-state index contributed by atoms with van der Waals surface area (Å²) in [6.07, 6.45) is 8.09. The number of amides is 1. The Balaban J connectivity index is 1.28. The van der Waals surface area contributed by atoms with Crippen LogP contribution >= 0.6 is 0 Å². The van der Waals surface area contributed by atoms with Gasteiger partial charge >= 0.3 is 0 Å². The number of rotatable bonds is 3. The second-order valence-corrected chi connectivity index (χ2v) is 8.82. The lowest BCUT2D eigenvalue weighted by Gasteiger charge is -2.36. The van der Waals surface area contributed by atoms with Crippen molar-refractivity contribution in [2.24, 2.45) is 5.92 Å². The minimum atomic E-state index is 0.303. The topological polar surface area (TPSA) is 61.9 Å². The second kappa shape index (κ2) is 6.84. The summed E-state index contributed by atoms with van der Waals surface area (Å²) in [5.74, 6) is 1.68. The molecule has 0 atom stereocenters. The first-order valence-corrected chi connectivity index (χ1v) is 10.9. The Kier molecular flexibility index (Phi) is 4.09. The van der Waals surface area contributed by atoms with Gasteiger partial charge in [-0.2, -0.15) is 5.10 Å². The Morgan fingerprint density at radius 3 is 2.73 bits per heavy atom. The number of nitrogens with zero attached hydrogens (tertiary/aromatic N) is 7. The Labute approximate surface area is 175 Å². The molecule has 1 amide bonds. The van der Waals surface area contributed by atoms with Crippen molar-refractivity contribution in [3.63, 3.8) is 0 Å². The van der Waals surface area contributed by atoms with Crippen molar-refractivity contribution < 1.29 is 4.79 Å². The number of likely N-dealkylation sites (N-methyl/N-ethyl adjacent to an activating group) is 1. The van der Waals surface area contributed by atoms with Crippen LogP contribution in [0.15, 0.2) is 30.7 Å². The number of carbonyl (C=O) groups is 1. The van der Waals surface area contributed by atoms with Gasteiger partial charge in [0.15, 0.2) is 0 Å². The molecular weight excluding hydrogens is 378 g/mol. The van der Waals surface area contributed by atoms with Gasteiger partial charge < -0.3 is 14.4 Å². The van der Waals surface area contributed by atoms with Crippen LogP contribution in [0.2, 0.25) is 0 Å². The molecule has 0 radical (unpaired) electrons. The Hall–Kier alpha value is -2.87. The first kappa shape index (κ1) is 17.9. The maximum atomic E-state index is 12.4. The summed E-state index contributed by atoms with van der Waals surface area (Å²) in [6.45, 7) is 6.28. The molecular formula is C22H27N7O. The third-order valence-electron chi connectivity index (χ3n) is 6.68. The molecule has 8 nitrogen and oxygen atoms in total. The highest BCUT2D eigenvalue weighted by molar-refractivity contribution is 5.82. The van der Waals surface area contributed by atoms with Gasteiger partial charge in [0.05, 0.1) is 23.1 Å². The van der Waals surface area contributed by atoms with Crippen LogP contribution in [-0.4, -0.2) is 74.6 Å². The largest absolute Gasteiger partial charge is 0.366 e. The van der Waals surface area contributed by atoms with Crippen molar-refractivity contribution in [3.8, 4) is 11.4 Å². The number of carbonyl (C=O) groups excluding carboxylic acids is 1. The predicted molar refractivity (Wildman–Crippen MR) is 114 cm³/mol. The van der Waals surface area contributed by atoms with Gasteiger partial charge in [-0.25, -0.2) is 9.50 Å². The third-order valence-corrected chi connectivity index (χ3v) is 6.68. The zero-order valence-corrected chi connectivity index (χ0v) is 17.4. The van der Waals surface area contributed by atoms with Gasteiger partial charge in [-0.3, -0.25) is 9.69 Å². The lowest BCUT2D eigenvalue weighted by atomic mass is 10.2. The molecule has 1 aliphatic carbocycles. The van der Waals surface area contributed by atoms with E-state index in [1.807, 2.05) is 21.8 Å². The molecule has 5 heterocycles. The minimum Gasteiger partial charge on any atom is -0.366 e. The highest BCUT2D eigenvalue weighted by Crippen LogP contribution is 2.33. The molecule has 3 aromatic heterocycles. The molecule has 1 saturated heterocycles. The van der Waals surface area contributed by atoms with Gasteiger partial charge in [0.1, 0.15) is 5.82 Å². The summed E-state index contributed by atoms with van der Waals surface area (Å²) in [6, 6.07) is 4.30. The molecule has 3 aromatic rings. The first-order valence-electron chi connectivity index (χ1n) is 10.9. The Morgan fingerprint density at radius 2 is 1.93 bits per heavy atom. The second-order valence-electron chi connectivity index (χ2n) is 8.82. The predicted octanol–water partition coefficient (Wildman–Crippen LogP) is 1.70. The van der Waals surface area contributed by atoms with Crippen LogP contribution in [0.25, 0.3) is 16.9 Å². The zero-order valence-electron chi connectivity index (χ0n) is 17.4. The molecule has 1 saturated carbocycles. The molecule has 156 valence electrons. The number of piperazine rings is 1. The minimum absolute atomic E-state index is 0.303. The number of imidazole rings is 1. The lowest BCUT2D eigenvalue weighted by Crippen LogP contribution is -2.49. The quantitative estimate of drug-likeness (QED) is 0.664. The van der Waals surface area contributed by atoms with Gasteiger partial charge in [0.2, 0.25) is 5.91 Å². The normalized spacial score (nSPS) is 20.0. The highest BCUT2D eigenvalue weighted by atomic mass is 16.2. The van der Waals surface area contributed by atoms with Gasteiger partial charge in [-0.15, -0.1) is 0 Å². The molecule has 2 fully saturated rings. The van der Waals surface area contributed by atoms with Crippen LogP contribution in [0.3, 0.4) is 0 Å². The van der Waals surface area contributed by atoms with Crippen LogP contribution in [-0.2, 0) is 17.9 Å². The Morgan fingerprint density at radius 1 is 1.10 bits per heavy atom. The fourth-order valence-electron chi connectivity index (χ4n) is 4.79. The molecule has 6 rings (SSSR count). The van der Waals surface area contributed by atoms with E-state index in [1.54, 1.807) is 0 Å². The van der Waals surface area contributed by atoms with E-state index in [-0.39, 0.29) is 0 Å². The molecule has 8 heteroatoms. The van der Waals surface area contributed by atoms with Crippen molar-refractivity contribution in [1.82, 2.24) is 29.0 Å². The molecule has 3 aliphatic rings. The van der Waals surface area contributed by atoms with E-state index in [1.165, 1.54) is 11.4 Å². The van der Waals surface area contributed by atoms with Gasteiger partial charge in [-0.1, -0.05) is 0 Å².